The van der Waals surface area contributed by atoms with E-state index in [1.165, 1.54) is 6.07 Å². The third kappa shape index (κ3) is 4.99. The first-order valence-electron chi connectivity index (χ1n) is 6.36. The van der Waals surface area contributed by atoms with Gasteiger partial charge in [0.05, 0.1) is 12.2 Å². The van der Waals surface area contributed by atoms with Crippen molar-refractivity contribution >= 4 is 11.8 Å². The van der Waals surface area contributed by atoms with Crippen LogP contribution in [0.1, 0.15) is 37.6 Å². The summed E-state index contributed by atoms with van der Waals surface area (Å²) in [7, 11) is 0. The van der Waals surface area contributed by atoms with Gasteiger partial charge >= 0.3 is 12.6 Å². The Bertz CT molecular complexity index is 455. The zero-order valence-corrected chi connectivity index (χ0v) is 11.7. The molecule has 0 radical (unpaired) electrons. The molecule has 20 heavy (non-hydrogen) atoms. The number of alkyl halides is 2. The second-order valence-electron chi connectivity index (χ2n) is 4.13. The van der Waals surface area contributed by atoms with Crippen molar-refractivity contribution in [2.45, 2.75) is 39.8 Å². The summed E-state index contributed by atoms with van der Waals surface area (Å²) in [6, 6.07) is 2.66. The van der Waals surface area contributed by atoms with E-state index in [9.17, 15) is 13.6 Å². The number of ether oxygens (including phenoxy) is 2. The van der Waals surface area contributed by atoms with E-state index in [1.807, 2.05) is 13.8 Å². The van der Waals surface area contributed by atoms with Gasteiger partial charge in [0.2, 0.25) is 5.88 Å². The molecule has 0 saturated heterocycles. The fourth-order valence-corrected chi connectivity index (χ4v) is 1.42. The molecule has 0 fully saturated rings. The van der Waals surface area contributed by atoms with Crippen molar-refractivity contribution in [3.05, 3.63) is 17.7 Å². The van der Waals surface area contributed by atoms with Gasteiger partial charge in [-0.25, -0.2) is 4.79 Å². The first-order valence-corrected chi connectivity index (χ1v) is 6.36. The van der Waals surface area contributed by atoms with Crippen LogP contribution in [0.4, 0.5) is 14.6 Å². The van der Waals surface area contributed by atoms with Crippen LogP contribution in [-0.2, 0) is 4.74 Å². The molecule has 1 aromatic heterocycles. The maximum atomic E-state index is 12.3. The molecule has 0 aliphatic carbocycles. The van der Waals surface area contributed by atoms with Crippen LogP contribution in [-0.4, -0.2) is 30.2 Å². The van der Waals surface area contributed by atoms with Gasteiger partial charge in [-0.15, -0.1) is 0 Å². The summed E-state index contributed by atoms with van der Waals surface area (Å²) in [5.74, 6) is -0.641. The number of carbonyl (C=O) groups excluding carboxylic acids is 1. The fraction of sp³-hybridized carbons (Fsp3) is 0.538. The molecule has 0 aliphatic heterocycles. The Morgan fingerprint density at radius 2 is 2.10 bits per heavy atom. The highest BCUT2D eigenvalue weighted by Crippen LogP contribution is 2.20. The van der Waals surface area contributed by atoms with E-state index in [-0.39, 0.29) is 24.1 Å². The second kappa shape index (κ2) is 7.62. The molecule has 5 nitrogen and oxygen atoms in total. The molecule has 0 bridgehead atoms. The predicted molar refractivity (Wildman–Crippen MR) is 70.2 cm³/mol. The Morgan fingerprint density at radius 1 is 1.40 bits per heavy atom. The fourth-order valence-electron chi connectivity index (χ4n) is 1.42. The lowest BCUT2D eigenvalue weighted by molar-refractivity contribution is -0.0528. The summed E-state index contributed by atoms with van der Waals surface area (Å²) in [5, 5.41) is 3.00. The molecule has 1 N–H and O–H groups in total. The number of nitrogens with one attached hydrogen (secondary N) is 1. The summed E-state index contributed by atoms with van der Waals surface area (Å²) < 4.78 is 33.6. The zero-order chi connectivity index (χ0) is 15.1. The summed E-state index contributed by atoms with van der Waals surface area (Å²) in [4.78, 5) is 15.6. The Labute approximate surface area is 116 Å². The van der Waals surface area contributed by atoms with Crippen LogP contribution in [0, 0.1) is 0 Å². The third-order valence-electron chi connectivity index (χ3n) is 2.53. The van der Waals surface area contributed by atoms with E-state index in [1.54, 1.807) is 6.92 Å². The van der Waals surface area contributed by atoms with E-state index in [0.29, 0.717) is 5.82 Å². The number of hydrogen-bond donors (Lipinski definition) is 1. The van der Waals surface area contributed by atoms with Gasteiger partial charge in [-0.05, 0) is 26.3 Å². The molecule has 0 saturated carbocycles. The number of aromatic nitrogens is 1. The SMILES string of the molecule is CCOC(=O)c1cc(NC(C)CC)nc(OC(F)F)c1. The molecular formula is C13H18F2N2O3. The number of pyridine rings is 1. The first kappa shape index (κ1) is 16.1. The van der Waals surface area contributed by atoms with Crippen molar-refractivity contribution in [3.63, 3.8) is 0 Å². The lowest BCUT2D eigenvalue weighted by Gasteiger charge is -2.14. The maximum Gasteiger partial charge on any atom is 0.388 e. The summed E-state index contributed by atoms with van der Waals surface area (Å²) in [6.07, 6.45) is 0.816. The van der Waals surface area contributed by atoms with Gasteiger partial charge in [-0.3, -0.25) is 0 Å². The quantitative estimate of drug-likeness (QED) is 0.781. The highest BCUT2D eigenvalue weighted by Gasteiger charge is 2.15. The minimum absolute atomic E-state index is 0.0827. The molecule has 1 atom stereocenters. The van der Waals surface area contributed by atoms with Gasteiger partial charge in [0.15, 0.2) is 0 Å². The topological polar surface area (TPSA) is 60.5 Å². The standard InChI is InChI=1S/C13H18F2N2O3/c1-4-8(3)16-10-6-9(12(18)19-5-2)7-11(17-10)20-13(14)15/h6-8,13H,4-5H2,1-3H3,(H,16,17). The number of halogens is 2. The van der Waals surface area contributed by atoms with Crippen LogP contribution in [0.2, 0.25) is 0 Å². The van der Waals surface area contributed by atoms with E-state index in [0.717, 1.165) is 12.5 Å². The minimum atomic E-state index is -3.00. The lowest BCUT2D eigenvalue weighted by atomic mass is 10.2. The summed E-state index contributed by atoms with van der Waals surface area (Å²) in [6.45, 7) is 2.72. The molecule has 1 aromatic rings. The lowest BCUT2D eigenvalue weighted by Crippen LogP contribution is -2.16. The van der Waals surface area contributed by atoms with Crippen LogP contribution in [0.15, 0.2) is 12.1 Å². The van der Waals surface area contributed by atoms with Gasteiger partial charge < -0.3 is 14.8 Å². The van der Waals surface area contributed by atoms with Crippen molar-refractivity contribution in [1.29, 1.82) is 0 Å². The molecule has 0 aliphatic rings. The van der Waals surface area contributed by atoms with Crippen molar-refractivity contribution in [1.82, 2.24) is 4.98 Å². The molecule has 1 unspecified atom stereocenters. The van der Waals surface area contributed by atoms with E-state index in [2.05, 4.69) is 15.0 Å². The number of hydrogen-bond acceptors (Lipinski definition) is 5. The number of rotatable bonds is 7. The zero-order valence-electron chi connectivity index (χ0n) is 11.7. The first-order chi connectivity index (χ1) is 9.46. The Kier molecular flexibility index (Phi) is 6.14. The third-order valence-corrected chi connectivity index (χ3v) is 2.53. The van der Waals surface area contributed by atoms with Crippen molar-refractivity contribution < 1.29 is 23.0 Å². The van der Waals surface area contributed by atoms with Crippen molar-refractivity contribution in [3.8, 4) is 5.88 Å². The number of anilines is 1. The monoisotopic (exact) mass is 288 g/mol. The highest BCUT2D eigenvalue weighted by molar-refractivity contribution is 5.90. The van der Waals surface area contributed by atoms with Crippen LogP contribution in [0.3, 0.4) is 0 Å². The van der Waals surface area contributed by atoms with Crippen LogP contribution < -0.4 is 10.1 Å². The van der Waals surface area contributed by atoms with E-state index in [4.69, 9.17) is 4.74 Å². The molecule has 7 heteroatoms. The number of nitrogens with zero attached hydrogens (tertiary/aromatic N) is 1. The van der Waals surface area contributed by atoms with Crippen LogP contribution in [0.5, 0.6) is 5.88 Å². The Morgan fingerprint density at radius 3 is 2.65 bits per heavy atom. The number of carbonyl (C=O) groups is 1. The highest BCUT2D eigenvalue weighted by atomic mass is 19.3. The van der Waals surface area contributed by atoms with Crippen molar-refractivity contribution in [2.24, 2.45) is 0 Å². The smallest absolute Gasteiger partial charge is 0.388 e. The molecule has 1 rings (SSSR count). The van der Waals surface area contributed by atoms with Gasteiger partial charge in [-0.2, -0.15) is 13.8 Å². The molecule has 112 valence electrons. The summed E-state index contributed by atoms with van der Waals surface area (Å²) in [5.41, 5.74) is 0.114. The number of esters is 1. The van der Waals surface area contributed by atoms with Crippen molar-refractivity contribution in [2.75, 3.05) is 11.9 Å². The molecule has 1 heterocycles. The van der Waals surface area contributed by atoms with Gasteiger partial charge in [0.1, 0.15) is 5.82 Å². The summed E-state index contributed by atoms with van der Waals surface area (Å²) >= 11 is 0. The largest absolute Gasteiger partial charge is 0.462 e. The van der Waals surface area contributed by atoms with Gasteiger partial charge in [-0.1, -0.05) is 6.92 Å². The van der Waals surface area contributed by atoms with Gasteiger partial charge in [0.25, 0.3) is 0 Å². The average molecular weight is 288 g/mol. The predicted octanol–water partition coefficient (Wildman–Crippen LogP) is 3.07. The average Bonchev–Trinajstić information content (AvgIpc) is 2.37. The molecule has 0 aromatic carbocycles. The molecule has 0 amide bonds. The van der Waals surface area contributed by atoms with Gasteiger partial charge in [0, 0.05) is 12.1 Å². The Hall–Kier alpha value is -1.92. The Balaban J connectivity index is 3.03. The molecule has 0 spiro atoms. The second-order valence-corrected chi connectivity index (χ2v) is 4.13. The maximum absolute atomic E-state index is 12.3. The van der Waals surface area contributed by atoms with Crippen LogP contribution in [0.25, 0.3) is 0 Å². The van der Waals surface area contributed by atoms with E-state index < -0.39 is 12.6 Å². The minimum Gasteiger partial charge on any atom is -0.462 e. The van der Waals surface area contributed by atoms with Crippen LogP contribution >= 0.6 is 0 Å². The normalized spacial score (nSPS) is 12.1. The van der Waals surface area contributed by atoms with E-state index >= 15 is 0 Å². The molecular weight excluding hydrogens is 270 g/mol.